The molecule has 1 aliphatic rings. The second-order valence-corrected chi connectivity index (χ2v) is 5.99. The highest BCUT2D eigenvalue weighted by Crippen LogP contribution is 2.30. The molecule has 0 bridgehead atoms. The van der Waals surface area contributed by atoms with Gasteiger partial charge < -0.3 is 15.2 Å². The van der Waals surface area contributed by atoms with Crippen LogP contribution >= 0.6 is 0 Å². The first-order chi connectivity index (χ1) is 9.64. The molecule has 0 amide bonds. The molecule has 0 aromatic rings. The standard InChI is InChI=1S/C16H31NO3/c1-3-4-5-6-7-8-12-20-14-10-9-11-16(13-14,17-2)15(18)19/h14,17H,3-13H2,1-2H3,(H,18,19). The van der Waals surface area contributed by atoms with Gasteiger partial charge in [0.05, 0.1) is 6.10 Å². The van der Waals surface area contributed by atoms with Crippen LogP contribution in [0.3, 0.4) is 0 Å². The van der Waals surface area contributed by atoms with E-state index in [4.69, 9.17) is 4.74 Å². The normalized spacial score (nSPS) is 26.6. The molecule has 2 atom stereocenters. The number of hydrogen-bond acceptors (Lipinski definition) is 3. The summed E-state index contributed by atoms with van der Waals surface area (Å²) in [7, 11) is 1.74. The van der Waals surface area contributed by atoms with Gasteiger partial charge in [0.15, 0.2) is 0 Å². The number of rotatable bonds is 10. The molecule has 1 saturated carbocycles. The predicted molar refractivity (Wildman–Crippen MR) is 81.0 cm³/mol. The molecule has 2 unspecified atom stereocenters. The van der Waals surface area contributed by atoms with Crippen molar-refractivity contribution in [3.8, 4) is 0 Å². The summed E-state index contributed by atoms with van der Waals surface area (Å²) >= 11 is 0. The van der Waals surface area contributed by atoms with Gasteiger partial charge in [-0.15, -0.1) is 0 Å². The van der Waals surface area contributed by atoms with Crippen molar-refractivity contribution in [1.82, 2.24) is 5.32 Å². The topological polar surface area (TPSA) is 58.6 Å². The molecule has 0 heterocycles. The van der Waals surface area contributed by atoms with E-state index < -0.39 is 11.5 Å². The van der Waals surface area contributed by atoms with Crippen molar-refractivity contribution in [1.29, 1.82) is 0 Å². The highest BCUT2D eigenvalue weighted by molar-refractivity contribution is 5.79. The summed E-state index contributed by atoms with van der Waals surface area (Å²) in [6, 6.07) is 0. The second-order valence-electron chi connectivity index (χ2n) is 5.99. The first-order valence-electron chi connectivity index (χ1n) is 8.18. The molecule has 0 aliphatic heterocycles. The Balaban J connectivity index is 2.19. The minimum atomic E-state index is -0.774. The number of aliphatic carboxylic acids is 1. The third-order valence-corrected chi connectivity index (χ3v) is 4.45. The Morgan fingerprint density at radius 2 is 2.00 bits per heavy atom. The predicted octanol–water partition coefficient (Wildman–Crippen LogP) is 3.35. The summed E-state index contributed by atoms with van der Waals surface area (Å²) in [5, 5.41) is 12.4. The van der Waals surface area contributed by atoms with Gasteiger partial charge in [-0.3, -0.25) is 4.79 Å². The lowest BCUT2D eigenvalue weighted by atomic mass is 9.80. The van der Waals surface area contributed by atoms with Crippen molar-refractivity contribution >= 4 is 5.97 Å². The summed E-state index contributed by atoms with van der Waals surface area (Å²) in [4.78, 5) is 11.4. The molecule has 0 aromatic heterocycles. The van der Waals surface area contributed by atoms with Crippen LogP contribution in [-0.2, 0) is 9.53 Å². The van der Waals surface area contributed by atoms with Crippen molar-refractivity contribution in [2.75, 3.05) is 13.7 Å². The van der Waals surface area contributed by atoms with E-state index in [2.05, 4.69) is 12.2 Å². The monoisotopic (exact) mass is 285 g/mol. The van der Waals surface area contributed by atoms with E-state index in [1.165, 1.54) is 32.1 Å². The number of carbonyl (C=O) groups is 1. The molecule has 4 heteroatoms. The van der Waals surface area contributed by atoms with Crippen LogP contribution in [0.15, 0.2) is 0 Å². The zero-order valence-corrected chi connectivity index (χ0v) is 13.1. The smallest absolute Gasteiger partial charge is 0.323 e. The van der Waals surface area contributed by atoms with Crippen molar-refractivity contribution in [3.63, 3.8) is 0 Å². The lowest BCUT2D eigenvalue weighted by molar-refractivity contribution is -0.148. The van der Waals surface area contributed by atoms with Crippen LogP contribution in [0.5, 0.6) is 0 Å². The fourth-order valence-electron chi connectivity index (χ4n) is 3.03. The van der Waals surface area contributed by atoms with Crippen molar-refractivity contribution in [2.45, 2.75) is 82.8 Å². The third kappa shape index (κ3) is 5.41. The number of carboxylic acids is 1. The van der Waals surface area contributed by atoms with E-state index in [0.717, 1.165) is 25.9 Å². The molecule has 1 fully saturated rings. The van der Waals surface area contributed by atoms with Crippen molar-refractivity contribution in [3.05, 3.63) is 0 Å². The summed E-state index contributed by atoms with van der Waals surface area (Å²) in [6.07, 6.45) is 10.8. The van der Waals surface area contributed by atoms with Gasteiger partial charge in [-0.25, -0.2) is 0 Å². The highest BCUT2D eigenvalue weighted by atomic mass is 16.5. The quantitative estimate of drug-likeness (QED) is 0.604. The average Bonchev–Trinajstić information content (AvgIpc) is 2.46. The van der Waals surface area contributed by atoms with Crippen LogP contribution in [0.25, 0.3) is 0 Å². The first-order valence-corrected chi connectivity index (χ1v) is 8.18. The third-order valence-electron chi connectivity index (χ3n) is 4.45. The Labute approximate surface area is 123 Å². The molecule has 1 rings (SSSR count). The van der Waals surface area contributed by atoms with Gasteiger partial charge in [0.25, 0.3) is 0 Å². The summed E-state index contributed by atoms with van der Waals surface area (Å²) in [5.74, 6) is -0.743. The molecule has 0 radical (unpaired) electrons. The van der Waals surface area contributed by atoms with Crippen LogP contribution in [-0.4, -0.2) is 36.4 Å². The van der Waals surface area contributed by atoms with Gasteiger partial charge in [0.1, 0.15) is 5.54 Å². The Morgan fingerprint density at radius 3 is 2.65 bits per heavy atom. The zero-order chi connectivity index (χ0) is 14.8. The molecular formula is C16H31NO3. The fourth-order valence-corrected chi connectivity index (χ4v) is 3.03. The van der Waals surface area contributed by atoms with Gasteiger partial charge in [0, 0.05) is 13.0 Å². The maximum atomic E-state index is 11.4. The maximum Gasteiger partial charge on any atom is 0.323 e. The second kappa shape index (κ2) is 9.35. The van der Waals surface area contributed by atoms with Gasteiger partial charge >= 0.3 is 5.97 Å². The maximum absolute atomic E-state index is 11.4. The Morgan fingerprint density at radius 1 is 1.30 bits per heavy atom. The molecule has 4 nitrogen and oxygen atoms in total. The number of carboxylic acid groups (broad SMARTS) is 1. The summed E-state index contributed by atoms with van der Waals surface area (Å²) < 4.78 is 5.89. The van der Waals surface area contributed by atoms with Crippen molar-refractivity contribution < 1.29 is 14.6 Å². The molecule has 0 aromatic carbocycles. The van der Waals surface area contributed by atoms with E-state index >= 15 is 0 Å². The molecule has 2 N–H and O–H groups in total. The molecule has 118 valence electrons. The largest absolute Gasteiger partial charge is 0.480 e. The van der Waals surface area contributed by atoms with Gasteiger partial charge in [-0.2, -0.15) is 0 Å². The Kier molecular flexibility index (Phi) is 8.15. The number of likely N-dealkylation sites (N-methyl/N-ethyl adjacent to an activating group) is 1. The lowest BCUT2D eigenvalue weighted by Crippen LogP contribution is -2.54. The zero-order valence-electron chi connectivity index (χ0n) is 13.1. The molecule has 0 saturated heterocycles. The molecule has 0 spiro atoms. The summed E-state index contributed by atoms with van der Waals surface area (Å²) in [5.41, 5.74) is -0.774. The van der Waals surface area contributed by atoms with E-state index in [-0.39, 0.29) is 6.10 Å². The highest BCUT2D eigenvalue weighted by Gasteiger charge is 2.41. The van der Waals surface area contributed by atoms with E-state index in [1.807, 2.05) is 0 Å². The van der Waals surface area contributed by atoms with Crippen LogP contribution < -0.4 is 5.32 Å². The summed E-state index contributed by atoms with van der Waals surface area (Å²) in [6.45, 7) is 3.00. The van der Waals surface area contributed by atoms with Crippen LogP contribution in [0.2, 0.25) is 0 Å². The lowest BCUT2D eigenvalue weighted by Gasteiger charge is -2.37. The van der Waals surface area contributed by atoms with Crippen LogP contribution in [0, 0.1) is 0 Å². The van der Waals surface area contributed by atoms with Crippen LogP contribution in [0.4, 0.5) is 0 Å². The van der Waals surface area contributed by atoms with Gasteiger partial charge in [-0.05, 0) is 32.7 Å². The average molecular weight is 285 g/mol. The SMILES string of the molecule is CCCCCCCCOC1CCCC(NC)(C(=O)O)C1. The Hall–Kier alpha value is -0.610. The van der Waals surface area contributed by atoms with Crippen LogP contribution in [0.1, 0.15) is 71.1 Å². The van der Waals surface area contributed by atoms with Gasteiger partial charge in [0.2, 0.25) is 0 Å². The minimum Gasteiger partial charge on any atom is -0.480 e. The number of nitrogens with one attached hydrogen (secondary N) is 1. The van der Waals surface area contributed by atoms with Crippen molar-refractivity contribution in [2.24, 2.45) is 0 Å². The Bertz CT molecular complexity index is 283. The fraction of sp³-hybridized carbons (Fsp3) is 0.938. The van der Waals surface area contributed by atoms with E-state index in [0.29, 0.717) is 12.8 Å². The van der Waals surface area contributed by atoms with Gasteiger partial charge in [-0.1, -0.05) is 39.0 Å². The first kappa shape index (κ1) is 17.4. The number of hydrogen-bond donors (Lipinski definition) is 2. The molecule has 20 heavy (non-hydrogen) atoms. The van der Waals surface area contributed by atoms with E-state index in [1.54, 1.807) is 7.05 Å². The minimum absolute atomic E-state index is 0.0999. The number of ether oxygens (including phenoxy) is 1. The molecular weight excluding hydrogens is 254 g/mol. The number of unbranched alkanes of at least 4 members (excludes halogenated alkanes) is 5. The molecule has 1 aliphatic carbocycles. The van der Waals surface area contributed by atoms with E-state index in [9.17, 15) is 9.90 Å².